The van der Waals surface area contributed by atoms with Crippen LogP contribution in [0.15, 0.2) is 54.6 Å². The van der Waals surface area contributed by atoms with Gasteiger partial charge >= 0.3 is 6.09 Å². The van der Waals surface area contributed by atoms with Gasteiger partial charge < -0.3 is 20.1 Å². The van der Waals surface area contributed by atoms with Crippen molar-refractivity contribution >= 4 is 23.6 Å². The quantitative estimate of drug-likeness (QED) is 0.589. The van der Waals surface area contributed by atoms with Gasteiger partial charge in [0.05, 0.1) is 0 Å². The Morgan fingerprint density at radius 3 is 2.35 bits per heavy atom. The summed E-state index contributed by atoms with van der Waals surface area (Å²) in [5.74, 6) is -0.0933. The molecule has 2 aromatic rings. The largest absolute Gasteiger partial charge is 0.445 e. The summed E-state index contributed by atoms with van der Waals surface area (Å²) in [5, 5.41) is 6.57. The van der Waals surface area contributed by atoms with Crippen molar-refractivity contribution < 1.29 is 19.1 Å². The second-order valence-electron chi connectivity index (χ2n) is 8.02. The van der Waals surface area contributed by atoms with Gasteiger partial charge in [0, 0.05) is 23.6 Å². The van der Waals surface area contributed by atoms with Gasteiger partial charge in [-0.15, -0.1) is 0 Å². The Kier molecular flexibility index (Phi) is 8.32. The maximum atomic E-state index is 12.6. The highest BCUT2D eigenvalue weighted by molar-refractivity contribution is 6.30. The lowest BCUT2D eigenvalue weighted by atomic mass is 9.73. The van der Waals surface area contributed by atoms with Crippen LogP contribution in [0, 0.1) is 5.92 Å². The Labute approximate surface area is 188 Å². The fourth-order valence-electron chi connectivity index (χ4n) is 4.03. The first kappa shape index (κ1) is 23.1. The predicted molar refractivity (Wildman–Crippen MR) is 120 cm³/mol. The van der Waals surface area contributed by atoms with Crippen molar-refractivity contribution in [2.75, 3.05) is 13.8 Å². The fraction of sp³-hybridized carbons (Fsp3) is 0.417. The van der Waals surface area contributed by atoms with E-state index in [-0.39, 0.29) is 25.2 Å². The molecule has 2 amide bonds. The molecule has 7 heteroatoms. The highest BCUT2D eigenvalue weighted by atomic mass is 35.5. The third-order valence-corrected chi connectivity index (χ3v) is 5.99. The first-order chi connectivity index (χ1) is 15.0. The van der Waals surface area contributed by atoms with Gasteiger partial charge in [0.15, 0.2) is 0 Å². The number of benzene rings is 2. The second kappa shape index (κ2) is 11.2. The Morgan fingerprint density at radius 1 is 1.03 bits per heavy atom. The molecule has 1 saturated carbocycles. The minimum Gasteiger partial charge on any atom is -0.445 e. The molecule has 166 valence electrons. The number of hydrogen-bond donors (Lipinski definition) is 2. The monoisotopic (exact) mass is 444 g/mol. The Hall–Kier alpha value is -2.57. The molecule has 0 heterocycles. The minimum absolute atomic E-state index is 0.00593. The van der Waals surface area contributed by atoms with Crippen molar-refractivity contribution in [1.82, 2.24) is 10.6 Å². The highest BCUT2D eigenvalue weighted by Crippen LogP contribution is 2.35. The molecule has 2 aromatic carbocycles. The van der Waals surface area contributed by atoms with Crippen LogP contribution in [0.2, 0.25) is 5.02 Å². The van der Waals surface area contributed by atoms with Gasteiger partial charge in [0.1, 0.15) is 13.3 Å². The van der Waals surface area contributed by atoms with Crippen molar-refractivity contribution in [2.45, 2.75) is 44.2 Å². The second-order valence-corrected chi connectivity index (χ2v) is 8.46. The van der Waals surface area contributed by atoms with E-state index in [0.717, 1.165) is 11.1 Å². The molecule has 31 heavy (non-hydrogen) atoms. The number of amides is 2. The number of nitrogens with one attached hydrogen (secondary N) is 2. The Balaban J connectivity index is 1.65. The predicted octanol–water partition coefficient (Wildman–Crippen LogP) is 4.46. The molecule has 3 rings (SSSR count). The van der Waals surface area contributed by atoms with E-state index >= 15 is 0 Å². The van der Waals surface area contributed by atoms with Crippen LogP contribution in [-0.2, 0) is 27.3 Å². The van der Waals surface area contributed by atoms with Crippen LogP contribution in [0.5, 0.6) is 0 Å². The molecular formula is C24H29ClN2O4. The van der Waals surface area contributed by atoms with E-state index in [9.17, 15) is 9.59 Å². The minimum atomic E-state index is -0.473. The molecule has 0 aliphatic heterocycles. The van der Waals surface area contributed by atoms with Crippen molar-refractivity contribution in [1.29, 1.82) is 0 Å². The normalized spacial score (nSPS) is 20.6. The zero-order valence-corrected chi connectivity index (χ0v) is 18.5. The number of carbonyl (C=O) groups is 2. The van der Waals surface area contributed by atoms with Gasteiger partial charge in [-0.3, -0.25) is 4.79 Å². The van der Waals surface area contributed by atoms with Gasteiger partial charge in [0.2, 0.25) is 5.91 Å². The molecule has 1 fully saturated rings. The van der Waals surface area contributed by atoms with Gasteiger partial charge in [-0.1, -0.05) is 54.1 Å². The zero-order chi connectivity index (χ0) is 22.1. The number of alkyl carbamates (subject to hydrolysis) is 1. The summed E-state index contributed by atoms with van der Waals surface area (Å²) in [7, 11) is 1.54. The lowest BCUT2D eigenvalue weighted by Crippen LogP contribution is -2.53. The Morgan fingerprint density at radius 2 is 1.71 bits per heavy atom. The number of halogens is 1. The highest BCUT2D eigenvalue weighted by Gasteiger charge is 2.39. The van der Waals surface area contributed by atoms with E-state index in [2.05, 4.69) is 10.6 Å². The van der Waals surface area contributed by atoms with Crippen molar-refractivity contribution in [3.63, 3.8) is 0 Å². The third kappa shape index (κ3) is 6.97. The van der Waals surface area contributed by atoms with Gasteiger partial charge in [-0.05, 0) is 55.4 Å². The molecule has 0 radical (unpaired) electrons. The van der Waals surface area contributed by atoms with Gasteiger partial charge in [-0.2, -0.15) is 0 Å². The SMILES string of the molecule is COCNC(=O)C1CCC(Cc2ccc(Cl)cc2)(NC(=O)OCc2ccccc2)CC1. The molecule has 0 aromatic heterocycles. The van der Waals surface area contributed by atoms with Crippen LogP contribution in [0.3, 0.4) is 0 Å². The zero-order valence-electron chi connectivity index (χ0n) is 17.7. The van der Waals surface area contributed by atoms with E-state index in [1.807, 2.05) is 54.6 Å². The summed E-state index contributed by atoms with van der Waals surface area (Å²) in [5.41, 5.74) is 1.54. The van der Waals surface area contributed by atoms with Crippen LogP contribution in [-0.4, -0.2) is 31.4 Å². The topological polar surface area (TPSA) is 76.7 Å². The maximum absolute atomic E-state index is 12.6. The average Bonchev–Trinajstić information content (AvgIpc) is 2.79. The summed E-state index contributed by atoms with van der Waals surface area (Å²) in [6.45, 7) is 0.418. The molecule has 1 aliphatic rings. The van der Waals surface area contributed by atoms with Crippen molar-refractivity contribution in [2.24, 2.45) is 5.92 Å². The van der Waals surface area contributed by atoms with Crippen LogP contribution in [0.25, 0.3) is 0 Å². The smallest absolute Gasteiger partial charge is 0.407 e. The van der Waals surface area contributed by atoms with E-state index in [4.69, 9.17) is 21.1 Å². The lowest BCUT2D eigenvalue weighted by molar-refractivity contribution is -0.127. The number of methoxy groups -OCH3 is 1. The fourth-order valence-corrected chi connectivity index (χ4v) is 4.16. The Bertz CT molecular complexity index is 850. The molecule has 0 spiro atoms. The van der Waals surface area contributed by atoms with Crippen LogP contribution < -0.4 is 10.6 Å². The molecule has 1 aliphatic carbocycles. The molecule has 6 nitrogen and oxygen atoms in total. The number of hydrogen-bond acceptors (Lipinski definition) is 4. The van der Waals surface area contributed by atoms with Gasteiger partial charge in [-0.25, -0.2) is 4.79 Å². The van der Waals surface area contributed by atoms with Gasteiger partial charge in [0.25, 0.3) is 0 Å². The molecule has 0 saturated heterocycles. The molecule has 2 N–H and O–H groups in total. The number of rotatable bonds is 8. The van der Waals surface area contributed by atoms with E-state index < -0.39 is 11.6 Å². The van der Waals surface area contributed by atoms with E-state index in [1.165, 1.54) is 0 Å². The summed E-state index contributed by atoms with van der Waals surface area (Å²) in [6, 6.07) is 17.2. The molecule has 0 atom stereocenters. The van der Waals surface area contributed by atoms with Crippen LogP contribution >= 0.6 is 11.6 Å². The van der Waals surface area contributed by atoms with Crippen LogP contribution in [0.4, 0.5) is 4.79 Å². The van der Waals surface area contributed by atoms with E-state index in [0.29, 0.717) is 37.1 Å². The van der Waals surface area contributed by atoms with E-state index in [1.54, 1.807) is 7.11 Å². The standard InChI is InChI=1S/C24H29ClN2O4/c1-30-17-26-22(28)20-11-13-24(14-12-20,15-18-7-9-21(25)10-8-18)27-23(29)31-16-19-5-3-2-4-6-19/h2-10,20H,11-17H2,1H3,(H,26,28)(H,27,29). The first-order valence-electron chi connectivity index (χ1n) is 10.5. The number of carbonyl (C=O) groups excluding carboxylic acids is 2. The first-order valence-corrected chi connectivity index (χ1v) is 10.9. The lowest BCUT2D eigenvalue weighted by Gasteiger charge is -2.40. The van der Waals surface area contributed by atoms with Crippen molar-refractivity contribution in [3.05, 3.63) is 70.7 Å². The number of ether oxygens (including phenoxy) is 2. The third-order valence-electron chi connectivity index (χ3n) is 5.74. The summed E-state index contributed by atoms with van der Waals surface area (Å²) in [4.78, 5) is 25.0. The molecule has 0 unspecified atom stereocenters. The summed E-state index contributed by atoms with van der Waals surface area (Å²) < 4.78 is 10.4. The maximum Gasteiger partial charge on any atom is 0.407 e. The van der Waals surface area contributed by atoms with Crippen LogP contribution in [0.1, 0.15) is 36.8 Å². The summed E-state index contributed by atoms with van der Waals surface area (Å²) >= 11 is 6.02. The average molecular weight is 445 g/mol. The molecule has 0 bridgehead atoms. The molecular weight excluding hydrogens is 416 g/mol. The summed E-state index contributed by atoms with van der Waals surface area (Å²) in [6.07, 6.45) is 2.93. The van der Waals surface area contributed by atoms with Crippen molar-refractivity contribution in [3.8, 4) is 0 Å².